The zero-order valence-electron chi connectivity index (χ0n) is 23.9. The third kappa shape index (κ3) is 15.4. The first kappa shape index (κ1) is 33.1. The van der Waals surface area contributed by atoms with Crippen molar-refractivity contribution in [3.8, 4) is 0 Å². The van der Waals surface area contributed by atoms with Gasteiger partial charge in [0.15, 0.2) is 0 Å². The molecule has 36 heavy (non-hydrogen) atoms. The molecule has 1 aromatic carbocycles. The lowest BCUT2D eigenvalue weighted by Crippen LogP contribution is -2.49. The first-order valence-electron chi connectivity index (χ1n) is 15.3. The van der Waals surface area contributed by atoms with Gasteiger partial charge in [-0.25, -0.2) is 8.42 Å². The summed E-state index contributed by atoms with van der Waals surface area (Å²) in [4.78, 5) is -0.118. The Morgan fingerprint density at radius 1 is 0.556 bits per heavy atom. The van der Waals surface area contributed by atoms with E-state index in [4.69, 9.17) is 0 Å². The van der Waals surface area contributed by atoms with Crippen LogP contribution in [0, 0.1) is 0 Å². The highest BCUT2D eigenvalue weighted by molar-refractivity contribution is 7.85. The summed E-state index contributed by atoms with van der Waals surface area (Å²) in [5, 5.41) is 0. The average molecular weight is 524 g/mol. The van der Waals surface area contributed by atoms with E-state index < -0.39 is 10.1 Å². The number of hydrogen-bond acceptors (Lipinski definition) is 3. The van der Waals surface area contributed by atoms with Crippen LogP contribution in [-0.2, 0) is 16.7 Å². The van der Waals surface area contributed by atoms with Crippen molar-refractivity contribution in [2.75, 3.05) is 19.6 Å². The van der Waals surface area contributed by atoms with E-state index in [2.05, 4.69) is 20.8 Å². The molecule has 0 fully saturated rings. The van der Waals surface area contributed by atoms with E-state index in [0.717, 1.165) is 16.6 Å². The summed E-state index contributed by atoms with van der Waals surface area (Å²) >= 11 is 0. The Balaban J connectivity index is 2.92. The highest BCUT2D eigenvalue weighted by Crippen LogP contribution is 2.23. The topological polar surface area (TPSA) is 57.2 Å². The maximum absolute atomic E-state index is 11.4. The summed E-state index contributed by atoms with van der Waals surface area (Å²) < 4.78 is 35.4. The molecule has 0 unspecified atom stereocenters. The third-order valence-corrected chi connectivity index (χ3v) is 8.54. The molecule has 1 aromatic rings. The minimum absolute atomic E-state index is 0.118. The quantitative estimate of drug-likeness (QED) is 0.0771. The molecule has 0 aliphatic heterocycles. The van der Waals surface area contributed by atoms with Gasteiger partial charge in [0.25, 0.3) is 0 Å². The van der Waals surface area contributed by atoms with E-state index in [1.165, 1.54) is 147 Å². The van der Waals surface area contributed by atoms with Crippen LogP contribution in [0.2, 0.25) is 0 Å². The van der Waals surface area contributed by atoms with Gasteiger partial charge in [-0.15, -0.1) is 0 Å². The maximum atomic E-state index is 11.4. The molecule has 0 amide bonds. The van der Waals surface area contributed by atoms with Crippen LogP contribution < -0.4 is 0 Å². The van der Waals surface area contributed by atoms with E-state index in [0.29, 0.717) is 0 Å². The Hall–Kier alpha value is -0.910. The van der Waals surface area contributed by atoms with E-state index in [9.17, 15) is 13.0 Å². The van der Waals surface area contributed by atoms with Crippen molar-refractivity contribution in [1.82, 2.24) is 0 Å². The van der Waals surface area contributed by atoms with Crippen molar-refractivity contribution in [3.63, 3.8) is 0 Å². The van der Waals surface area contributed by atoms with Crippen molar-refractivity contribution in [1.29, 1.82) is 0 Å². The first-order chi connectivity index (χ1) is 17.4. The van der Waals surface area contributed by atoms with E-state index in [1.807, 2.05) is 12.1 Å². The van der Waals surface area contributed by atoms with Crippen molar-refractivity contribution < 1.29 is 17.5 Å². The lowest BCUT2D eigenvalue weighted by molar-refractivity contribution is -0.941. The summed E-state index contributed by atoms with van der Waals surface area (Å²) in [5.74, 6) is 0. The Morgan fingerprint density at radius 2 is 0.889 bits per heavy atom. The predicted octanol–water partition coefficient (Wildman–Crippen LogP) is 8.99. The molecule has 0 spiro atoms. The Morgan fingerprint density at radius 3 is 1.22 bits per heavy atom. The minimum Gasteiger partial charge on any atom is -0.744 e. The van der Waals surface area contributed by atoms with Gasteiger partial charge in [0, 0.05) is 5.56 Å². The Labute approximate surface area is 224 Å². The standard InChI is InChI=1S/C31H57NO3S/c1-4-7-10-13-16-19-26-32(27-20-17-14-11-8-5-2,28-21-18-15-12-9-6-3)29-30-22-24-31(25-23-30)36(33,34)35/h22-25H,4-21,26-29H2,1-3H3. The van der Waals surface area contributed by atoms with Crippen molar-refractivity contribution in [2.24, 2.45) is 0 Å². The molecule has 0 saturated carbocycles. The van der Waals surface area contributed by atoms with E-state index >= 15 is 0 Å². The molecule has 1 rings (SSSR count). The minimum atomic E-state index is -4.39. The number of unbranched alkanes of at least 4 members (excludes halogenated alkanes) is 15. The van der Waals surface area contributed by atoms with Gasteiger partial charge in [-0.3, -0.25) is 0 Å². The Kier molecular flexibility index (Phi) is 18.5. The van der Waals surface area contributed by atoms with E-state index in [-0.39, 0.29) is 4.90 Å². The van der Waals surface area contributed by atoms with Crippen LogP contribution in [-0.4, -0.2) is 37.1 Å². The second-order valence-electron chi connectivity index (χ2n) is 11.1. The highest BCUT2D eigenvalue weighted by atomic mass is 32.2. The van der Waals surface area contributed by atoms with E-state index in [1.54, 1.807) is 0 Å². The van der Waals surface area contributed by atoms with Gasteiger partial charge < -0.3 is 9.04 Å². The normalized spacial score (nSPS) is 12.3. The SMILES string of the molecule is CCCCCCCC[N+](CCCCCCCC)(CCCCCCCC)Cc1ccc(S(=O)(=O)[O-])cc1. The first-order valence-corrected chi connectivity index (χ1v) is 16.7. The molecular formula is C31H57NO3S. The van der Waals surface area contributed by atoms with Gasteiger partial charge in [0.05, 0.1) is 24.5 Å². The number of benzene rings is 1. The zero-order chi connectivity index (χ0) is 26.5. The molecular weight excluding hydrogens is 466 g/mol. The monoisotopic (exact) mass is 523 g/mol. The molecule has 4 nitrogen and oxygen atoms in total. The largest absolute Gasteiger partial charge is 0.744 e. The molecule has 5 heteroatoms. The molecule has 0 aliphatic carbocycles. The van der Waals surface area contributed by atoms with Gasteiger partial charge >= 0.3 is 0 Å². The van der Waals surface area contributed by atoms with Gasteiger partial charge in [-0.05, 0) is 50.7 Å². The van der Waals surface area contributed by atoms with Crippen LogP contribution in [0.3, 0.4) is 0 Å². The predicted molar refractivity (Wildman–Crippen MR) is 153 cm³/mol. The van der Waals surface area contributed by atoms with Gasteiger partial charge in [-0.2, -0.15) is 0 Å². The fourth-order valence-electron chi connectivity index (χ4n) is 5.40. The second-order valence-corrected chi connectivity index (χ2v) is 12.5. The van der Waals surface area contributed by atoms with Gasteiger partial charge in [-0.1, -0.05) is 110 Å². The molecule has 0 saturated heterocycles. The molecule has 0 radical (unpaired) electrons. The molecule has 0 N–H and O–H groups in total. The molecule has 0 atom stereocenters. The van der Waals surface area contributed by atoms with Gasteiger partial charge in [0.1, 0.15) is 16.7 Å². The number of hydrogen-bond donors (Lipinski definition) is 0. The van der Waals surface area contributed by atoms with Crippen LogP contribution in [0.1, 0.15) is 142 Å². The molecule has 0 aromatic heterocycles. The summed E-state index contributed by atoms with van der Waals surface area (Å²) in [5.41, 5.74) is 1.16. The Bertz CT molecular complexity index is 705. The smallest absolute Gasteiger partial charge is 0.124 e. The third-order valence-electron chi connectivity index (χ3n) is 7.69. The van der Waals surface area contributed by atoms with Crippen molar-refractivity contribution in [3.05, 3.63) is 29.8 Å². The van der Waals surface area contributed by atoms with Gasteiger partial charge in [0.2, 0.25) is 0 Å². The average Bonchev–Trinajstić information content (AvgIpc) is 2.85. The van der Waals surface area contributed by atoms with Crippen molar-refractivity contribution >= 4 is 10.1 Å². The second kappa shape index (κ2) is 20.1. The van der Waals surface area contributed by atoms with Crippen LogP contribution >= 0.6 is 0 Å². The van der Waals surface area contributed by atoms with Crippen LogP contribution in [0.4, 0.5) is 0 Å². The zero-order valence-corrected chi connectivity index (χ0v) is 24.8. The van der Waals surface area contributed by atoms with Crippen LogP contribution in [0.25, 0.3) is 0 Å². The summed E-state index contributed by atoms with van der Waals surface area (Å²) in [6, 6.07) is 6.77. The van der Waals surface area contributed by atoms with Crippen molar-refractivity contribution in [2.45, 2.75) is 148 Å². The number of rotatable bonds is 24. The fraction of sp³-hybridized carbons (Fsp3) is 0.806. The van der Waals surface area contributed by atoms with Crippen LogP contribution in [0.15, 0.2) is 29.2 Å². The number of quaternary nitrogens is 1. The summed E-state index contributed by atoms with van der Waals surface area (Å²) in [6.07, 6.45) is 23.6. The fourth-order valence-corrected chi connectivity index (χ4v) is 5.87. The summed E-state index contributed by atoms with van der Waals surface area (Å²) in [7, 11) is -4.39. The van der Waals surface area contributed by atoms with Crippen LogP contribution in [0.5, 0.6) is 0 Å². The lowest BCUT2D eigenvalue weighted by Gasteiger charge is -2.39. The number of nitrogens with zero attached hydrogens (tertiary/aromatic N) is 1. The molecule has 0 heterocycles. The highest BCUT2D eigenvalue weighted by Gasteiger charge is 2.27. The molecule has 0 bridgehead atoms. The lowest BCUT2D eigenvalue weighted by atomic mass is 10.0. The maximum Gasteiger partial charge on any atom is 0.124 e. The molecule has 210 valence electrons. The summed E-state index contributed by atoms with van der Waals surface area (Å²) in [6.45, 7) is 11.4. The molecule has 0 aliphatic rings.